The van der Waals surface area contributed by atoms with Crippen LogP contribution >= 0.6 is 0 Å². The highest BCUT2D eigenvalue weighted by atomic mass is 14.9. The minimum absolute atomic E-state index is 0.922. The van der Waals surface area contributed by atoms with Crippen molar-refractivity contribution in [2.24, 2.45) is 5.92 Å². The van der Waals surface area contributed by atoms with Gasteiger partial charge in [0.2, 0.25) is 0 Å². The SMILES string of the molecule is c1ccc(CNCC2CCCCCC2)cc1. The van der Waals surface area contributed by atoms with E-state index in [1.807, 2.05) is 0 Å². The van der Waals surface area contributed by atoms with Gasteiger partial charge in [0.1, 0.15) is 0 Å². The van der Waals surface area contributed by atoms with E-state index in [2.05, 4.69) is 35.6 Å². The number of hydrogen-bond acceptors (Lipinski definition) is 1. The van der Waals surface area contributed by atoms with Gasteiger partial charge in [0.15, 0.2) is 0 Å². The zero-order chi connectivity index (χ0) is 11.1. The first-order valence-electron chi connectivity index (χ1n) is 6.70. The molecule has 1 nitrogen and oxygen atoms in total. The van der Waals surface area contributed by atoms with E-state index in [-0.39, 0.29) is 0 Å². The first-order chi connectivity index (χ1) is 7.95. The lowest BCUT2D eigenvalue weighted by Gasteiger charge is -2.14. The summed E-state index contributed by atoms with van der Waals surface area (Å²) in [6.45, 7) is 2.23. The highest BCUT2D eigenvalue weighted by Crippen LogP contribution is 2.22. The topological polar surface area (TPSA) is 12.0 Å². The second-order valence-electron chi connectivity index (χ2n) is 4.97. The lowest BCUT2D eigenvalue weighted by molar-refractivity contribution is 0.425. The molecule has 16 heavy (non-hydrogen) atoms. The van der Waals surface area contributed by atoms with Crippen LogP contribution in [0, 0.1) is 5.92 Å². The Morgan fingerprint density at radius 3 is 2.31 bits per heavy atom. The molecular weight excluding hydrogens is 194 g/mol. The van der Waals surface area contributed by atoms with E-state index in [1.165, 1.54) is 50.6 Å². The molecule has 1 N–H and O–H groups in total. The first-order valence-corrected chi connectivity index (χ1v) is 6.70. The van der Waals surface area contributed by atoms with Gasteiger partial charge in [-0.25, -0.2) is 0 Å². The van der Waals surface area contributed by atoms with Crippen molar-refractivity contribution >= 4 is 0 Å². The van der Waals surface area contributed by atoms with E-state index >= 15 is 0 Å². The zero-order valence-electron chi connectivity index (χ0n) is 10.1. The second-order valence-corrected chi connectivity index (χ2v) is 4.97. The fraction of sp³-hybridized carbons (Fsp3) is 0.600. The molecule has 0 amide bonds. The second kappa shape index (κ2) is 6.70. The summed E-state index contributed by atoms with van der Waals surface area (Å²) in [6.07, 6.45) is 8.66. The average molecular weight is 217 g/mol. The fourth-order valence-corrected chi connectivity index (χ4v) is 2.58. The van der Waals surface area contributed by atoms with E-state index in [0.717, 1.165) is 12.5 Å². The Morgan fingerprint density at radius 1 is 0.938 bits per heavy atom. The van der Waals surface area contributed by atoms with Crippen LogP contribution in [0.4, 0.5) is 0 Å². The van der Waals surface area contributed by atoms with E-state index < -0.39 is 0 Å². The van der Waals surface area contributed by atoms with Gasteiger partial charge in [0, 0.05) is 6.54 Å². The normalized spacial score (nSPS) is 18.2. The molecule has 0 saturated heterocycles. The highest BCUT2D eigenvalue weighted by Gasteiger charge is 2.11. The molecule has 0 radical (unpaired) electrons. The molecule has 1 saturated carbocycles. The third-order valence-electron chi connectivity index (χ3n) is 3.58. The van der Waals surface area contributed by atoms with Gasteiger partial charge in [-0.3, -0.25) is 0 Å². The van der Waals surface area contributed by atoms with Gasteiger partial charge in [0.05, 0.1) is 0 Å². The van der Waals surface area contributed by atoms with Gasteiger partial charge in [-0.2, -0.15) is 0 Å². The smallest absolute Gasteiger partial charge is 0.0205 e. The van der Waals surface area contributed by atoms with Crippen LogP contribution in [-0.4, -0.2) is 6.54 Å². The van der Waals surface area contributed by atoms with E-state index in [0.29, 0.717) is 0 Å². The monoisotopic (exact) mass is 217 g/mol. The molecule has 0 spiro atoms. The van der Waals surface area contributed by atoms with E-state index in [1.54, 1.807) is 0 Å². The van der Waals surface area contributed by atoms with Crippen molar-refractivity contribution in [3.8, 4) is 0 Å². The third kappa shape index (κ3) is 3.97. The Morgan fingerprint density at radius 2 is 1.62 bits per heavy atom. The minimum atomic E-state index is 0.922. The number of benzene rings is 1. The maximum atomic E-state index is 3.60. The Kier molecular flexibility index (Phi) is 4.88. The highest BCUT2D eigenvalue weighted by molar-refractivity contribution is 5.14. The van der Waals surface area contributed by atoms with Crippen molar-refractivity contribution in [1.29, 1.82) is 0 Å². The van der Waals surface area contributed by atoms with E-state index in [4.69, 9.17) is 0 Å². The Hall–Kier alpha value is -0.820. The zero-order valence-corrected chi connectivity index (χ0v) is 10.1. The molecule has 0 heterocycles. The predicted octanol–water partition coefficient (Wildman–Crippen LogP) is 3.75. The van der Waals surface area contributed by atoms with Crippen molar-refractivity contribution in [2.45, 2.75) is 45.1 Å². The molecule has 1 aliphatic carbocycles. The molecule has 88 valence electrons. The van der Waals surface area contributed by atoms with E-state index in [9.17, 15) is 0 Å². The van der Waals surface area contributed by atoms with Crippen molar-refractivity contribution in [3.63, 3.8) is 0 Å². The van der Waals surface area contributed by atoms with Gasteiger partial charge in [-0.15, -0.1) is 0 Å². The molecule has 0 aliphatic heterocycles. The maximum Gasteiger partial charge on any atom is 0.0205 e. The van der Waals surface area contributed by atoms with Gasteiger partial charge < -0.3 is 5.32 Å². The Labute approximate surface area is 99.3 Å². The van der Waals surface area contributed by atoms with Crippen LogP contribution in [0.1, 0.15) is 44.1 Å². The van der Waals surface area contributed by atoms with Crippen molar-refractivity contribution in [2.75, 3.05) is 6.54 Å². The summed E-state index contributed by atoms with van der Waals surface area (Å²) in [5, 5.41) is 3.60. The lowest BCUT2D eigenvalue weighted by Crippen LogP contribution is -2.22. The molecule has 0 aromatic heterocycles. The molecule has 2 rings (SSSR count). The summed E-state index contributed by atoms with van der Waals surface area (Å²) in [6, 6.07) is 10.7. The quantitative estimate of drug-likeness (QED) is 0.757. The first kappa shape index (κ1) is 11.7. The molecule has 1 fully saturated rings. The molecule has 0 bridgehead atoms. The lowest BCUT2D eigenvalue weighted by atomic mass is 10.0. The van der Waals surface area contributed by atoms with Gasteiger partial charge in [0.25, 0.3) is 0 Å². The van der Waals surface area contributed by atoms with Crippen LogP contribution < -0.4 is 5.32 Å². The number of rotatable bonds is 4. The molecular formula is C15H23N. The molecule has 1 aromatic carbocycles. The van der Waals surface area contributed by atoms with Crippen molar-refractivity contribution in [3.05, 3.63) is 35.9 Å². The van der Waals surface area contributed by atoms with Crippen LogP contribution in [0.15, 0.2) is 30.3 Å². The van der Waals surface area contributed by atoms with Crippen LogP contribution in [0.5, 0.6) is 0 Å². The van der Waals surface area contributed by atoms with Crippen molar-refractivity contribution in [1.82, 2.24) is 5.32 Å². The van der Waals surface area contributed by atoms with Gasteiger partial charge >= 0.3 is 0 Å². The predicted molar refractivity (Wildman–Crippen MR) is 69.3 cm³/mol. The Bertz CT molecular complexity index is 273. The van der Waals surface area contributed by atoms with Crippen molar-refractivity contribution < 1.29 is 0 Å². The minimum Gasteiger partial charge on any atom is -0.312 e. The molecule has 1 aromatic rings. The van der Waals surface area contributed by atoms with Gasteiger partial charge in [-0.1, -0.05) is 56.0 Å². The van der Waals surface area contributed by atoms with Gasteiger partial charge in [-0.05, 0) is 30.9 Å². The van der Waals surface area contributed by atoms with Crippen LogP contribution in [0.3, 0.4) is 0 Å². The van der Waals surface area contributed by atoms with Crippen LogP contribution in [-0.2, 0) is 6.54 Å². The van der Waals surface area contributed by atoms with Crippen LogP contribution in [0.25, 0.3) is 0 Å². The maximum absolute atomic E-state index is 3.60. The summed E-state index contributed by atoms with van der Waals surface area (Å²) in [4.78, 5) is 0. The number of hydrogen-bond donors (Lipinski definition) is 1. The molecule has 0 atom stereocenters. The third-order valence-corrected chi connectivity index (χ3v) is 3.58. The van der Waals surface area contributed by atoms with Crippen LogP contribution in [0.2, 0.25) is 0 Å². The fourth-order valence-electron chi connectivity index (χ4n) is 2.58. The average Bonchev–Trinajstić information content (AvgIpc) is 2.59. The summed E-state index contributed by atoms with van der Waals surface area (Å²) in [5.74, 6) is 0.922. The summed E-state index contributed by atoms with van der Waals surface area (Å²) in [7, 11) is 0. The summed E-state index contributed by atoms with van der Waals surface area (Å²) >= 11 is 0. The summed E-state index contributed by atoms with van der Waals surface area (Å²) < 4.78 is 0. The Balaban J connectivity index is 1.67. The standard InChI is InChI=1S/C15H23N/c1-2-5-9-14(8-4-1)12-16-13-15-10-6-3-7-11-15/h3,6-7,10-11,14,16H,1-2,4-5,8-9,12-13H2. The molecule has 1 heteroatoms. The molecule has 1 aliphatic rings. The largest absolute Gasteiger partial charge is 0.312 e. The molecule has 0 unspecified atom stereocenters. The summed E-state index contributed by atoms with van der Waals surface area (Å²) in [5.41, 5.74) is 1.40. The number of nitrogens with one attached hydrogen (secondary N) is 1.